The van der Waals surface area contributed by atoms with Crippen LogP contribution in [0.15, 0.2) is 0 Å². The monoisotopic (exact) mass is 119 g/mol. The van der Waals surface area contributed by atoms with Crippen molar-refractivity contribution in [2.75, 3.05) is 13.1 Å². The maximum Gasteiger partial charge on any atom is 0.00842 e. The maximum absolute atomic E-state index is 4.14. The van der Waals surface area contributed by atoms with Crippen molar-refractivity contribution < 1.29 is 0 Å². The van der Waals surface area contributed by atoms with Crippen LogP contribution in [0.5, 0.6) is 0 Å². The third-order valence-electron chi connectivity index (χ3n) is 0.847. The predicted molar refractivity (Wildman–Crippen MR) is 36.5 cm³/mol. The molecule has 0 aromatic rings. The molecular weight excluding hydrogens is 106 g/mol. The highest BCUT2D eigenvalue weighted by molar-refractivity contribution is 7.77. The Kier molecular flexibility index (Phi) is 4.67. The molecule has 44 valence electrons. The fourth-order valence-corrected chi connectivity index (χ4v) is 0.616. The molecule has 0 fully saturated rings. The lowest BCUT2D eigenvalue weighted by Crippen LogP contribution is -2.11. The van der Waals surface area contributed by atoms with Crippen LogP contribution < -0.4 is 0 Å². The second-order valence-electron chi connectivity index (χ2n) is 1.55. The second kappa shape index (κ2) is 4.47. The van der Waals surface area contributed by atoms with E-state index in [1.807, 2.05) is 4.31 Å². The average molecular weight is 119 g/mol. The van der Waals surface area contributed by atoms with Crippen molar-refractivity contribution in [3.8, 4) is 0 Å². The summed E-state index contributed by atoms with van der Waals surface area (Å²) >= 11 is 4.14. The molecule has 0 rings (SSSR count). The fourth-order valence-electron chi connectivity index (χ4n) is 0.416. The largest absolute Gasteiger partial charge is 0.254 e. The van der Waals surface area contributed by atoms with Gasteiger partial charge in [0.25, 0.3) is 0 Å². The maximum atomic E-state index is 4.14. The van der Waals surface area contributed by atoms with Gasteiger partial charge in [0, 0.05) is 13.1 Å². The summed E-state index contributed by atoms with van der Waals surface area (Å²) in [6, 6.07) is 0. The molecule has 0 aliphatic carbocycles. The van der Waals surface area contributed by atoms with E-state index in [1.165, 1.54) is 6.42 Å². The van der Waals surface area contributed by atoms with Gasteiger partial charge in [-0.25, -0.2) is 0 Å². The zero-order chi connectivity index (χ0) is 5.70. The molecule has 0 N–H and O–H groups in total. The van der Waals surface area contributed by atoms with Gasteiger partial charge in [0.2, 0.25) is 0 Å². The van der Waals surface area contributed by atoms with Crippen LogP contribution in [0.2, 0.25) is 0 Å². The van der Waals surface area contributed by atoms with Gasteiger partial charge in [-0.1, -0.05) is 26.7 Å². The van der Waals surface area contributed by atoms with Crippen molar-refractivity contribution in [2.24, 2.45) is 0 Å². The van der Waals surface area contributed by atoms with Crippen molar-refractivity contribution in [1.82, 2.24) is 4.31 Å². The molecule has 0 aromatic heterocycles. The summed E-state index contributed by atoms with van der Waals surface area (Å²) in [6.45, 7) is 6.39. The van der Waals surface area contributed by atoms with Crippen LogP contribution in [-0.2, 0) is 0 Å². The number of rotatable bonds is 3. The van der Waals surface area contributed by atoms with Crippen molar-refractivity contribution in [3.05, 3.63) is 0 Å². The number of thiol groups is 1. The second-order valence-corrected chi connectivity index (χ2v) is 2.11. The van der Waals surface area contributed by atoms with Crippen LogP contribution in [0, 0.1) is 0 Å². The van der Waals surface area contributed by atoms with Crippen molar-refractivity contribution in [1.29, 1.82) is 0 Å². The summed E-state index contributed by atoms with van der Waals surface area (Å²) in [6.07, 6.45) is 1.19. The topological polar surface area (TPSA) is 3.24 Å². The van der Waals surface area contributed by atoms with Gasteiger partial charge >= 0.3 is 0 Å². The van der Waals surface area contributed by atoms with Gasteiger partial charge in [0.1, 0.15) is 0 Å². The lowest BCUT2D eigenvalue weighted by atomic mass is 10.5. The zero-order valence-electron chi connectivity index (χ0n) is 5.02. The summed E-state index contributed by atoms with van der Waals surface area (Å²) in [5.41, 5.74) is 0. The predicted octanol–water partition coefficient (Wildman–Crippen LogP) is 1.56. The quantitative estimate of drug-likeness (QED) is 0.552. The van der Waals surface area contributed by atoms with Crippen molar-refractivity contribution >= 4 is 12.8 Å². The first-order valence-electron chi connectivity index (χ1n) is 2.75. The molecule has 0 unspecified atom stereocenters. The number of hydrogen-bond donors (Lipinski definition) is 1. The average Bonchev–Trinajstić information content (AvgIpc) is 1.68. The summed E-state index contributed by atoms with van der Waals surface area (Å²) in [4.78, 5) is 0. The van der Waals surface area contributed by atoms with Crippen LogP contribution in [-0.4, -0.2) is 17.4 Å². The van der Waals surface area contributed by atoms with Crippen LogP contribution in [0.3, 0.4) is 0 Å². The van der Waals surface area contributed by atoms with Crippen LogP contribution in [0.25, 0.3) is 0 Å². The first-order chi connectivity index (χ1) is 3.31. The fraction of sp³-hybridized carbons (Fsp3) is 1.00. The smallest absolute Gasteiger partial charge is 0.00842 e. The molecule has 1 nitrogen and oxygen atoms in total. The third-order valence-corrected chi connectivity index (χ3v) is 1.33. The molecule has 0 heterocycles. The van der Waals surface area contributed by atoms with E-state index in [-0.39, 0.29) is 0 Å². The Morgan fingerprint density at radius 1 is 1.43 bits per heavy atom. The van der Waals surface area contributed by atoms with E-state index in [9.17, 15) is 0 Å². The third kappa shape index (κ3) is 4.16. The Morgan fingerprint density at radius 2 is 2.00 bits per heavy atom. The minimum atomic E-state index is 1.04. The van der Waals surface area contributed by atoms with E-state index in [0.717, 1.165) is 13.1 Å². The van der Waals surface area contributed by atoms with Crippen molar-refractivity contribution in [2.45, 2.75) is 20.3 Å². The highest BCUT2D eigenvalue weighted by atomic mass is 32.1. The zero-order valence-corrected chi connectivity index (χ0v) is 5.91. The molecule has 0 aliphatic rings. The normalized spacial score (nSPS) is 10.3. The lowest BCUT2D eigenvalue weighted by molar-refractivity contribution is 0.500. The lowest BCUT2D eigenvalue weighted by Gasteiger charge is -2.08. The van der Waals surface area contributed by atoms with Gasteiger partial charge < -0.3 is 0 Å². The highest BCUT2D eigenvalue weighted by Gasteiger charge is 1.87. The first-order valence-corrected chi connectivity index (χ1v) is 3.15. The van der Waals surface area contributed by atoms with Gasteiger partial charge in [-0.3, -0.25) is 4.31 Å². The molecule has 0 radical (unpaired) electrons. The van der Waals surface area contributed by atoms with Gasteiger partial charge in [0.15, 0.2) is 0 Å². The van der Waals surface area contributed by atoms with Gasteiger partial charge in [-0.05, 0) is 6.42 Å². The summed E-state index contributed by atoms with van der Waals surface area (Å²) in [5.74, 6) is 0. The molecule has 2 heteroatoms. The van der Waals surface area contributed by atoms with Crippen LogP contribution >= 0.6 is 12.8 Å². The standard InChI is InChI=1S/C5H13NS/c1-3-5-6(7)4-2/h7H,3-5H2,1-2H3. The molecule has 0 saturated carbocycles. The van der Waals surface area contributed by atoms with E-state index in [4.69, 9.17) is 0 Å². The van der Waals surface area contributed by atoms with E-state index in [2.05, 4.69) is 26.7 Å². The molecule has 0 saturated heterocycles. The highest BCUT2D eigenvalue weighted by Crippen LogP contribution is 1.91. The summed E-state index contributed by atoms with van der Waals surface area (Å²) < 4.78 is 2.00. The van der Waals surface area contributed by atoms with Crippen LogP contribution in [0.1, 0.15) is 20.3 Å². The molecule has 0 amide bonds. The van der Waals surface area contributed by atoms with E-state index in [0.29, 0.717) is 0 Å². The Morgan fingerprint density at radius 3 is 2.14 bits per heavy atom. The van der Waals surface area contributed by atoms with Crippen LogP contribution in [0.4, 0.5) is 0 Å². The SMILES string of the molecule is CCCN(S)CC. The van der Waals surface area contributed by atoms with Gasteiger partial charge in [-0.15, -0.1) is 0 Å². The minimum absolute atomic E-state index is 1.04. The molecule has 0 aliphatic heterocycles. The summed E-state index contributed by atoms with van der Waals surface area (Å²) in [5, 5.41) is 0. The molecule has 0 spiro atoms. The molecule has 7 heavy (non-hydrogen) atoms. The Balaban J connectivity index is 2.83. The Hall–Kier alpha value is 0.310. The Bertz CT molecular complexity index is 39.1. The first kappa shape index (κ1) is 7.31. The Labute approximate surface area is 51.2 Å². The molecule has 0 atom stereocenters. The van der Waals surface area contributed by atoms with Gasteiger partial charge in [0.05, 0.1) is 0 Å². The number of hydrogen-bond acceptors (Lipinski definition) is 2. The number of nitrogens with zero attached hydrogens (tertiary/aromatic N) is 1. The van der Waals surface area contributed by atoms with E-state index < -0.39 is 0 Å². The van der Waals surface area contributed by atoms with Gasteiger partial charge in [-0.2, -0.15) is 0 Å². The minimum Gasteiger partial charge on any atom is -0.254 e. The van der Waals surface area contributed by atoms with E-state index in [1.54, 1.807) is 0 Å². The molecule has 0 aromatic carbocycles. The summed E-state index contributed by atoms with van der Waals surface area (Å²) in [7, 11) is 0. The van der Waals surface area contributed by atoms with Crippen molar-refractivity contribution in [3.63, 3.8) is 0 Å². The molecule has 0 bridgehead atoms. The molecular formula is C5H13NS. The van der Waals surface area contributed by atoms with E-state index >= 15 is 0 Å².